The van der Waals surface area contributed by atoms with Crippen molar-refractivity contribution < 1.29 is 19.1 Å². The lowest BCUT2D eigenvalue weighted by atomic mass is 9.83. The van der Waals surface area contributed by atoms with Crippen molar-refractivity contribution in [3.8, 4) is 5.75 Å². The molecular formula is C21H29N5O4. The molecule has 2 N–H and O–H groups in total. The molecule has 3 fully saturated rings. The molecule has 2 aliphatic heterocycles. The van der Waals surface area contributed by atoms with E-state index in [0.717, 1.165) is 18.5 Å². The number of amides is 4. The van der Waals surface area contributed by atoms with Crippen LogP contribution in [0.3, 0.4) is 0 Å². The summed E-state index contributed by atoms with van der Waals surface area (Å²) in [7, 11) is 1.61. The Bertz CT molecular complexity index is 858. The molecule has 30 heavy (non-hydrogen) atoms. The lowest BCUT2D eigenvalue weighted by Crippen LogP contribution is -2.56. The number of imide groups is 1. The molecule has 0 unspecified atom stereocenters. The van der Waals surface area contributed by atoms with E-state index in [9.17, 15) is 14.4 Å². The van der Waals surface area contributed by atoms with E-state index in [-0.39, 0.29) is 29.7 Å². The highest BCUT2D eigenvalue weighted by Gasteiger charge is 2.56. The fourth-order valence-corrected chi connectivity index (χ4v) is 4.78. The molecule has 162 valence electrons. The van der Waals surface area contributed by atoms with Crippen molar-refractivity contribution in [2.24, 2.45) is 11.8 Å². The number of hydrogen-bond acceptors (Lipinski definition) is 6. The quantitative estimate of drug-likeness (QED) is 0.676. The zero-order valence-corrected chi connectivity index (χ0v) is 17.7. The van der Waals surface area contributed by atoms with E-state index in [1.54, 1.807) is 19.5 Å². The van der Waals surface area contributed by atoms with E-state index < -0.39 is 11.6 Å². The first-order chi connectivity index (χ1) is 14.3. The maximum Gasteiger partial charge on any atom is 0.322 e. The fourth-order valence-electron chi connectivity index (χ4n) is 4.78. The highest BCUT2D eigenvalue weighted by atomic mass is 16.5. The van der Waals surface area contributed by atoms with Crippen LogP contribution in [0.2, 0.25) is 0 Å². The summed E-state index contributed by atoms with van der Waals surface area (Å²) in [6.07, 6.45) is 5.61. The van der Waals surface area contributed by atoms with Crippen LogP contribution in [0.1, 0.15) is 33.1 Å². The van der Waals surface area contributed by atoms with E-state index in [0.29, 0.717) is 31.8 Å². The van der Waals surface area contributed by atoms with Gasteiger partial charge in [0.25, 0.3) is 5.91 Å². The number of pyridine rings is 1. The van der Waals surface area contributed by atoms with E-state index in [1.165, 1.54) is 0 Å². The van der Waals surface area contributed by atoms with Crippen LogP contribution < -0.4 is 20.3 Å². The van der Waals surface area contributed by atoms with Crippen LogP contribution in [-0.4, -0.2) is 66.1 Å². The largest absolute Gasteiger partial charge is 0.495 e. The average molecular weight is 415 g/mol. The number of urea groups is 1. The highest BCUT2D eigenvalue weighted by molar-refractivity contribution is 6.07. The average Bonchev–Trinajstić information content (AvgIpc) is 3.54. The van der Waals surface area contributed by atoms with Gasteiger partial charge >= 0.3 is 6.03 Å². The van der Waals surface area contributed by atoms with Gasteiger partial charge in [0.05, 0.1) is 25.2 Å². The molecule has 3 aliphatic rings. The zero-order valence-electron chi connectivity index (χ0n) is 17.7. The Morgan fingerprint density at radius 3 is 2.70 bits per heavy atom. The van der Waals surface area contributed by atoms with Gasteiger partial charge in [-0.15, -0.1) is 0 Å². The molecule has 2 saturated heterocycles. The third-order valence-corrected chi connectivity index (χ3v) is 6.50. The molecule has 0 bridgehead atoms. The molecule has 0 spiro atoms. The molecule has 1 saturated carbocycles. The Morgan fingerprint density at radius 2 is 2.10 bits per heavy atom. The number of hydrogen-bond donors (Lipinski definition) is 2. The van der Waals surface area contributed by atoms with Gasteiger partial charge < -0.3 is 19.9 Å². The predicted octanol–water partition coefficient (Wildman–Crippen LogP) is 1.14. The standard InChI is InChI=1S/C21H29N5O4/c1-13(9-21(15-4-5-15)19(28)23-20(29)24-21)18(27)25-6-7-26(14(2)12-25)16-8-17(30-3)11-22-10-16/h8,10-11,13-15H,4-7,9,12H2,1-3H3,(H2,23,24,28,29)/t13-,14-,21-/m0/s1. The normalized spacial score (nSPS) is 27.5. The fraction of sp³-hybridized carbons (Fsp3) is 0.619. The number of piperazine rings is 1. The van der Waals surface area contributed by atoms with Crippen LogP contribution in [0, 0.1) is 11.8 Å². The Kier molecular flexibility index (Phi) is 5.29. The second-order valence-corrected chi connectivity index (χ2v) is 8.67. The first-order valence-electron chi connectivity index (χ1n) is 10.5. The van der Waals surface area contributed by atoms with Crippen molar-refractivity contribution in [1.29, 1.82) is 0 Å². The summed E-state index contributed by atoms with van der Waals surface area (Å²) in [4.78, 5) is 45.7. The number of nitrogens with zero attached hydrogens (tertiary/aromatic N) is 3. The number of anilines is 1. The number of nitrogens with one attached hydrogen (secondary N) is 2. The Balaban J connectivity index is 1.41. The molecule has 4 amide bonds. The van der Waals surface area contributed by atoms with Gasteiger partial charge in [0, 0.05) is 37.7 Å². The van der Waals surface area contributed by atoms with Crippen LogP contribution in [-0.2, 0) is 9.59 Å². The molecule has 9 nitrogen and oxygen atoms in total. The maximum absolute atomic E-state index is 13.2. The van der Waals surface area contributed by atoms with Crippen molar-refractivity contribution >= 4 is 23.5 Å². The van der Waals surface area contributed by atoms with E-state index in [1.807, 2.05) is 17.9 Å². The zero-order chi connectivity index (χ0) is 21.5. The molecule has 4 rings (SSSR count). The smallest absolute Gasteiger partial charge is 0.322 e. The first-order valence-corrected chi connectivity index (χ1v) is 10.5. The maximum atomic E-state index is 13.2. The van der Waals surface area contributed by atoms with Gasteiger partial charge in [0.2, 0.25) is 5.91 Å². The Labute approximate surface area is 176 Å². The topological polar surface area (TPSA) is 104 Å². The van der Waals surface area contributed by atoms with Crippen molar-refractivity contribution in [1.82, 2.24) is 20.5 Å². The highest BCUT2D eigenvalue weighted by Crippen LogP contribution is 2.44. The number of ether oxygens (including phenoxy) is 1. The predicted molar refractivity (Wildman–Crippen MR) is 110 cm³/mol. The lowest BCUT2D eigenvalue weighted by molar-refractivity contribution is -0.137. The Hall–Kier alpha value is -2.84. The van der Waals surface area contributed by atoms with E-state index >= 15 is 0 Å². The van der Waals surface area contributed by atoms with Gasteiger partial charge in [-0.05, 0) is 32.1 Å². The number of rotatable bonds is 6. The van der Waals surface area contributed by atoms with E-state index in [4.69, 9.17) is 4.74 Å². The molecule has 9 heteroatoms. The third kappa shape index (κ3) is 3.68. The van der Waals surface area contributed by atoms with Crippen LogP contribution in [0.15, 0.2) is 18.5 Å². The van der Waals surface area contributed by atoms with Crippen LogP contribution in [0.5, 0.6) is 5.75 Å². The number of methoxy groups -OCH3 is 1. The van der Waals surface area contributed by atoms with E-state index in [2.05, 4.69) is 27.4 Å². The second kappa shape index (κ2) is 7.77. The minimum Gasteiger partial charge on any atom is -0.495 e. The van der Waals surface area contributed by atoms with Crippen molar-refractivity contribution in [2.75, 3.05) is 31.6 Å². The van der Waals surface area contributed by atoms with Gasteiger partial charge in [0.15, 0.2) is 0 Å². The number of carbonyl (C=O) groups is 3. The molecule has 3 atom stereocenters. The Morgan fingerprint density at radius 1 is 1.33 bits per heavy atom. The van der Waals surface area contributed by atoms with Crippen LogP contribution >= 0.6 is 0 Å². The summed E-state index contributed by atoms with van der Waals surface area (Å²) < 4.78 is 5.27. The molecular weight excluding hydrogens is 386 g/mol. The summed E-state index contributed by atoms with van der Waals surface area (Å²) in [5, 5.41) is 5.18. The van der Waals surface area contributed by atoms with Gasteiger partial charge in [-0.2, -0.15) is 0 Å². The minimum atomic E-state index is -0.939. The number of carbonyl (C=O) groups excluding carboxylic acids is 3. The van der Waals surface area contributed by atoms with Crippen molar-refractivity contribution in [3.63, 3.8) is 0 Å². The summed E-state index contributed by atoms with van der Waals surface area (Å²) in [5.74, 6) is 0.203. The third-order valence-electron chi connectivity index (χ3n) is 6.50. The summed E-state index contributed by atoms with van der Waals surface area (Å²) in [5.41, 5.74) is 0.0336. The van der Waals surface area contributed by atoms with Crippen LogP contribution in [0.4, 0.5) is 10.5 Å². The monoisotopic (exact) mass is 415 g/mol. The first kappa shape index (κ1) is 20.4. The number of aromatic nitrogens is 1. The molecule has 1 aromatic rings. The van der Waals surface area contributed by atoms with Crippen molar-refractivity contribution in [2.45, 2.75) is 44.7 Å². The van der Waals surface area contributed by atoms with Gasteiger partial charge in [-0.1, -0.05) is 6.92 Å². The van der Waals surface area contributed by atoms with Gasteiger partial charge in [-0.25, -0.2) is 4.79 Å². The second-order valence-electron chi connectivity index (χ2n) is 8.67. The summed E-state index contributed by atoms with van der Waals surface area (Å²) in [6, 6.07) is 1.61. The molecule has 1 aliphatic carbocycles. The SMILES string of the molecule is COc1cncc(N2CCN(C(=O)[C@@H](C)C[C@@]3(C4CC4)NC(=O)NC3=O)C[C@@H]2C)c1. The molecule has 0 radical (unpaired) electrons. The minimum absolute atomic E-state index is 0.0271. The lowest BCUT2D eigenvalue weighted by Gasteiger charge is -2.42. The van der Waals surface area contributed by atoms with Crippen LogP contribution in [0.25, 0.3) is 0 Å². The molecule has 1 aromatic heterocycles. The summed E-state index contributed by atoms with van der Waals surface area (Å²) >= 11 is 0. The van der Waals surface area contributed by atoms with Gasteiger partial charge in [-0.3, -0.25) is 19.9 Å². The van der Waals surface area contributed by atoms with Crippen molar-refractivity contribution in [3.05, 3.63) is 18.5 Å². The van der Waals surface area contributed by atoms with Gasteiger partial charge in [0.1, 0.15) is 11.3 Å². The molecule has 3 heterocycles. The molecule has 0 aromatic carbocycles. The summed E-state index contributed by atoms with van der Waals surface area (Å²) in [6.45, 7) is 5.82.